The van der Waals surface area contributed by atoms with Gasteiger partial charge in [-0.1, -0.05) is 0 Å². The number of aryl methyl sites for hydroxylation is 1. The van der Waals surface area contributed by atoms with Crippen LogP contribution in [0.4, 0.5) is 5.69 Å². The van der Waals surface area contributed by atoms with E-state index >= 15 is 0 Å². The topological polar surface area (TPSA) is 33.2 Å². The zero-order valence-electron chi connectivity index (χ0n) is 7.66. The Morgan fingerprint density at radius 2 is 2.38 bits per heavy atom. The molecular formula is C10H12N2O. The molecule has 0 spiro atoms. The van der Waals surface area contributed by atoms with Crippen molar-refractivity contribution in [2.45, 2.75) is 13.3 Å². The summed E-state index contributed by atoms with van der Waals surface area (Å²) < 4.78 is 0. The van der Waals surface area contributed by atoms with E-state index in [-0.39, 0.29) is 0 Å². The van der Waals surface area contributed by atoms with Gasteiger partial charge in [0, 0.05) is 19.2 Å². The normalized spacial score (nSPS) is 16.7. The molecule has 2 rings (SSSR count). The summed E-state index contributed by atoms with van der Waals surface area (Å²) in [6, 6.07) is 1.97. The van der Waals surface area contributed by atoms with Crippen molar-refractivity contribution in [2.24, 2.45) is 0 Å². The zero-order valence-corrected chi connectivity index (χ0v) is 7.66. The van der Waals surface area contributed by atoms with Crippen LogP contribution < -0.4 is 4.90 Å². The molecule has 1 aliphatic heterocycles. The van der Waals surface area contributed by atoms with Crippen LogP contribution in [-0.2, 0) is 4.79 Å². The molecule has 3 nitrogen and oxygen atoms in total. The van der Waals surface area contributed by atoms with Gasteiger partial charge >= 0.3 is 0 Å². The molecule has 0 bridgehead atoms. The third-order valence-electron chi connectivity index (χ3n) is 2.38. The third kappa shape index (κ3) is 1.54. The SMILES string of the molecule is Cc1ccncc1N1CCC(=O)C1. The van der Waals surface area contributed by atoms with E-state index in [2.05, 4.69) is 9.88 Å². The second-order valence-corrected chi connectivity index (χ2v) is 3.37. The van der Waals surface area contributed by atoms with Crippen LogP contribution in [0.1, 0.15) is 12.0 Å². The number of Topliss-reactive ketones (excluding diaryl/α,β-unsaturated/α-hetero) is 1. The summed E-state index contributed by atoms with van der Waals surface area (Å²) >= 11 is 0. The fourth-order valence-electron chi connectivity index (χ4n) is 1.62. The molecule has 68 valence electrons. The van der Waals surface area contributed by atoms with E-state index in [4.69, 9.17) is 0 Å². The molecule has 0 aliphatic carbocycles. The van der Waals surface area contributed by atoms with E-state index in [1.54, 1.807) is 6.20 Å². The second kappa shape index (κ2) is 3.17. The van der Waals surface area contributed by atoms with Crippen LogP contribution in [-0.4, -0.2) is 23.9 Å². The maximum Gasteiger partial charge on any atom is 0.153 e. The number of carbonyl (C=O) groups is 1. The summed E-state index contributed by atoms with van der Waals surface area (Å²) in [7, 11) is 0. The van der Waals surface area contributed by atoms with Crippen molar-refractivity contribution < 1.29 is 4.79 Å². The molecule has 1 aliphatic rings. The van der Waals surface area contributed by atoms with E-state index in [9.17, 15) is 4.79 Å². The minimum absolute atomic E-state index is 0.322. The first-order valence-electron chi connectivity index (χ1n) is 4.44. The highest BCUT2D eigenvalue weighted by Crippen LogP contribution is 2.20. The zero-order chi connectivity index (χ0) is 9.26. The molecule has 1 fully saturated rings. The van der Waals surface area contributed by atoms with E-state index in [1.165, 1.54) is 5.56 Å². The molecule has 0 N–H and O–H groups in total. The summed E-state index contributed by atoms with van der Waals surface area (Å²) in [6.45, 7) is 3.43. The van der Waals surface area contributed by atoms with E-state index in [0.29, 0.717) is 18.7 Å². The highest BCUT2D eigenvalue weighted by Gasteiger charge is 2.20. The second-order valence-electron chi connectivity index (χ2n) is 3.37. The van der Waals surface area contributed by atoms with Gasteiger partial charge in [-0.25, -0.2) is 0 Å². The highest BCUT2D eigenvalue weighted by molar-refractivity contribution is 5.87. The van der Waals surface area contributed by atoms with Crippen LogP contribution in [0.25, 0.3) is 0 Å². The number of ketones is 1. The van der Waals surface area contributed by atoms with Crippen molar-refractivity contribution in [2.75, 3.05) is 18.0 Å². The van der Waals surface area contributed by atoms with Gasteiger partial charge in [0.05, 0.1) is 18.4 Å². The molecule has 0 aromatic carbocycles. The van der Waals surface area contributed by atoms with Crippen molar-refractivity contribution in [3.63, 3.8) is 0 Å². The van der Waals surface area contributed by atoms with Crippen LogP contribution in [0.3, 0.4) is 0 Å². The van der Waals surface area contributed by atoms with Gasteiger partial charge in [0.1, 0.15) is 0 Å². The Hall–Kier alpha value is -1.38. The van der Waals surface area contributed by atoms with Gasteiger partial charge in [-0.2, -0.15) is 0 Å². The fourth-order valence-corrected chi connectivity index (χ4v) is 1.62. The van der Waals surface area contributed by atoms with Crippen molar-refractivity contribution in [3.8, 4) is 0 Å². The van der Waals surface area contributed by atoms with Gasteiger partial charge < -0.3 is 4.90 Å². The monoisotopic (exact) mass is 176 g/mol. The van der Waals surface area contributed by atoms with Crippen LogP contribution in [0.2, 0.25) is 0 Å². The average Bonchev–Trinajstić information content (AvgIpc) is 2.53. The minimum atomic E-state index is 0.322. The summed E-state index contributed by atoms with van der Waals surface area (Å²) in [5, 5.41) is 0. The van der Waals surface area contributed by atoms with Gasteiger partial charge in [-0.3, -0.25) is 9.78 Å². The highest BCUT2D eigenvalue weighted by atomic mass is 16.1. The molecule has 0 unspecified atom stereocenters. The first-order valence-corrected chi connectivity index (χ1v) is 4.44. The smallest absolute Gasteiger partial charge is 0.153 e. The summed E-state index contributed by atoms with van der Waals surface area (Å²) in [6.07, 6.45) is 4.28. The van der Waals surface area contributed by atoms with Crippen LogP contribution >= 0.6 is 0 Å². The number of hydrogen-bond acceptors (Lipinski definition) is 3. The fraction of sp³-hybridized carbons (Fsp3) is 0.400. The Morgan fingerprint density at radius 1 is 1.54 bits per heavy atom. The summed E-state index contributed by atoms with van der Waals surface area (Å²) in [4.78, 5) is 17.2. The number of pyridine rings is 1. The number of rotatable bonds is 1. The lowest BCUT2D eigenvalue weighted by molar-refractivity contribution is -0.116. The average molecular weight is 176 g/mol. The third-order valence-corrected chi connectivity index (χ3v) is 2.38. The lowest BCUT2D eigenvalue weighted by atomic mass is 10.2. The Kier molecular flexibility index (Phi) is 2.00. The van der Waals surface area contributed by atoms with Crippen molar-refractivity contribution in [1.29, 1.82) is 0 Å². The van der Waals surface area contributed by atoms with Gasteiger partial charge in [0.25, 0.3) is 0 Å². The first-order chi connectivity index (χ1) is 6.27. The predicted octanol–water partition coefficient (Wildman–Crippen LogP) is 1.17. The van der Waals surface area contributed by atoms with Gasteiger partial charge in [-0.15, -0.1) is 0 Å². The van der Waals surface area contributed by atoms with Crippen molar-refractivity contribution in [3.05, 3.63) is 24.0 Å². The molecule has 0 saturated carbocycles. The largest absolute Gasteiger partial charge is 0.362 e. The molecule has 2 heterocycles. The van der Waals surface area contributed by atoms with Gasteiger partial charge in [-0.05, 0) is 18.6 Å². The van der Waals surface area contributed by atoms with Crippen LogP contribution in [0.5, 0.6) is 0 Å². The van der Waals surface area contributed by atoms with Crippen LogP contribution in [0, 0.1) is 6.92 Å². The van der Waals surface area contributed by atoms with Crippen molar-refractivity contribution in [1.82, 2.24) is 4.98 Å². The van der Waals surface area contributed by atoms with Crippen molar-refractivity contribution >= 4 is 11.5 Å². The molecule has 1 aromatic rings. The van der Waals surface area contributed by atoms with Gasteiger partial charge in [0.15, 0.2) is 5.78 Å². The Bertz CT molecular complexity index is 335. The molecule has 3 heteroatoms. The minimum Gasteiger partial charge on any atom is -0.362 e. The number of nitrogens with zero attached hydrogens (tertiary/aromatic N) is 2. The first kappa shape index (κ1) is 8.23. The quantitative estimate of drug-likeness (QED) is 0.644. The standard InChI is InChI=1S/C10H12N2O/c1-8-2-4-11-6-10(8)12-5-3-9(13)7-12/h2,4,6H,3,5,7H2,1H3. The molecule has 1 aromatic heterocycles. The van der Waals surface area contributed by atoms with Crippen LogP contribution in [0.15, 0.2) is 18.5 Å². The van der Waals surface area contributed by atoms with E-state index < -0.39 is 0 Å². The lowest BCUT2D eigenvalue weighted by Crippen LogP contribution is -2.20. The molecular weight excluding hydrogens is 164 g/mol. The van der Waals surface area contributed by atoms with E-state index in [0.717, 1.165) is 12.2 Å². The Balaban J connectivity index is 2.26. The number of aromatic nitrogens is 1. The number of anilines is 1. The molecule has 0 amide bonds. The lowest BCUT2D eigenvalue weighted by Gasteiger charge is -2.17. The Labute approximate surface area is 77.4 Å². The molecule has 13 heavy (non-hydrogen) atoms. The molecule has 1 saturated heterocycles. The molecule has 0 radical (unpaired) electrons. The summed E-state index contributed by atoms with van der Waals surface area (Å²) in [5.41, 5.74) is 2.28. The maximum absolute atomic E-state index is 11.1. The number of carbonyl (C=O) groups excluding carboxylic acids is 1. The summed E-state index contributed by atoms with van der Waals surface area (Å²) in [5.74, 6) is 0.322. The maximum atomic E-state index is 11.1. The Morgan fingerprint density at radius 3 is 3.00 bits per heavy atom. The van der Waals surface area contributed by atoms with E-state index in [1.807, 2.05) is 19.2 Å². The predicted molar refractivity (Wildman–Crippen MR) is 50.8 cm³/mol. The van der Waals surface area contributed by atoms with Gasteiger partial charge in [0.2, 0.25) is 0 Å². The number of hydrogen-bond donors (Lipinski definition) is 0. The molecule has 0 atom stereocenters.